The zero-order valence-corrected chi connectivity index (χ0v) is 14.7. The molecule has 0 saturated heterocycles. The fourth-order valence-electron chi connectivity index (χ4n) is 3.35. The molecule has 1 heterocycles. The number of anilines is 1. The second kappa shape index (κ2) is 6.47. The average Bonchev–Trinajstić information content (AvgIpc) is 3.10. The molecule has 1 N–H and O–H groups in total. The maximum Gasteiger partial charge on any atom is 0.416 e. The number of benzene rings is 2. The molecule has 0 bridgehead atoms. The van der Waals surface area contributed by atoms with E-state index in [1.807, 2.05) is 0 Å². The Hall–Kier alpha value is -3.62. The van der Waals surface area contributed by atoms with Crippen LogP contribution in [0.3, 0.4) is 0 Å². The number of fused-ring (bicyclic) bond motifs is 3. The Morgan fingerprint density at radius 3 is 2.45 bits per heavy atom. The minimum absolute atomic E-state index is 0.122. The molecule has 0 fully saturated rings. The van der Waals surface area contributed by atoms with E-state index in [-0.39, 0.29) is 17.9 Å². The topological polar surface area (TPSA) is 84.8 Å². The van der Waals surface area contributed by atoms with Crippen molar-refractivity contribution >= 4 is 29.5 Å². The van der Waals surface area contributed by atoms with Gasteiger partial charge in [-0.2, -0.15) is 18.3 Å². The Kier molecular flexibility index (Phi) is 4.18. The number of carboxylic acid groups (broad SMARTS) is 1. The summed E-state index contributed by atoms with van der Waals surface area (Å²) in [5.74, 6) is -1.40. The molecular weight excluding hydrogens is 387 g/mol. The van der Waals surface area contributed by atoms with Crippen molar-refractivity contribution in [2.45, 2.75) is 6.18 Å². The molecule has 0 saturated carbocycles. The van der Waals surface area contributed by atoms with Crippen LogP contribution in [0, 0.1) is 5.41 Å². The van der Waals surface area contributed by atoms with Crippen molar-refractivity contribution in [1.82, 2.24) is 5.01 Å². The molecule has 9 heteroatoms. The summed E-state index contributed by atoms with van der Waals surface area (Å²) in [4.78, 5) is 24.5. The maximum atomic E-state index is 12.7. The van der Waals surface area contributed by atoms with Crippen LogP contribution in [0.1, 0.15) is 16.7 Å². The quantitative estimate of drug-likeness (QED) is 0.841. The summed E-state index contributed by atoms with van der Waals surface area (Å²) in [7, 11) is 0. The normalized spacial score (nSPS) is 20.0. The highest BCUT2D eigenvalue weighted by atomic mass is 19.4. The Morgan fingerprint density at radius 2 is 1.79 bits per heavy atom. The van der Waals surface area contributed by atoms with Crippen LogP contribution < -0.4 is 10.4 Å². The summed E-state index contributed by atoms with van der Waals surface area (Å²) in [5, 5.41) is 19.5. The van der Waals surface area contributed by atoms with Crippen molar-refractivity contribution in [3.05, 3.63) is 71.3 Å². The van der Waals surface area contributed by atoms with Gasteiger partial charge in [-0.25, -0.2) is 9.80 Å². The second-order valence-corrected chi connectivity index (χ2v) is 6.69. The van der Waals surface area contributed by atoms with Crippen LogP contribution in [-0.2, 0) is 11.0 Å². The van der Waals surface area contributed by atoms with Crippen molar-refractivity contribution in [1.29, 1.82) is 0 Å². The molecule has 2 aliphatic rings. The summed E-state index contributed by atoms with van der Waals surface area (Å²) in [6.45, 7) is -0.290. The van der Waals surface area contributed by atoms with Gasteiger partial charge in [0.2, 0.25) is 0 Å². The van der Waals surface area contributed by atoms with E-state index in [4.69, 9.17) is 0 Å². The van der Waals surface area contributed by atoms with Gasteiger partial charge in [-0.15, -0.1) is 0 Å². The fourth-order valence-corrected chi connectivity index (χ4v) is 3.35. The molecule has 29 heavy (non-hydrogen) atoms. The van der Waals surface area contributed by atoms with Crippen molar-refractivity contribution in [2.75, 3.05) is 11.9 Å². The molecule has 1 unspecified atom stereocenters. The Balaban J connectivity index is 1.61. The third kappa shape index (κ3) is 3.14. The summed E-state index contributed by atoms with van der Waals surface area (Å²) in [6.07, 6.45) is -1.41. The number of nitrogens with one attached hydrogen (secondary N) is 1. The number of alkyl halides is 3. The highest BCUT2D eigenvalue weighted by Crippen LogP contribution is 2.38. The van der Waals surface area contributed by atoms with Crippen molar-refractivity contribution in [3.63, 3.8) is 0 Å². The number of hydrazone groups is 1. The zero-order chi connectivity index (χ0) is 20.8. The number of halogens is 3. The van der Waals surface area contributed by atoms with Gasteiger partial charge in [-0.1, -0.05) is 36.4 Å². The number of amides is 2. The largest absolute Gasteiger partial charge is 0.549 e. The monoisotopic (exact) mass is 400 g/mol. The Morgan fingerprint density at radius 1 is 1.10 bits per heavy atom. The molecule has 2 aromatic carbocycles. The first-order chi connectivity index (χ1) is 13.7. The summed E-state index contributed by atoms with van der Waals surface area (Å²) < 4.78 is 38.0. The van der Waals surface area contributed by atoms with E-state index in [1.165, 1.54) is 6.08 Å². The third-order valence-electron chi connectivity index (χ3n) is 4.87. The molecule has 0 aromatic heterocycles. The number of hydrogen-bond acceptors (Lipinski definition) is 4. The molecule has 4 rings (SSSR count). The molecule has 1 aliphatic carbocycles. The van der Waals surface area contributed by atoms with E-state index in [2.05, 4.69) is 10.4 Å². The van der Waals surface area contributed by atoms with Crippen molar-refractivity contribution < 1.29 is 27.9 Å². The van der Waals surface area contributed by atoms with Crippen LogP contribution in [0.15, 0.2) is 59.7 Å². The summed E-state index contributed by atoms with van der Waals surface area (Å²) >= 11 is 0. The first-order valence-electron chi connectivity index (χ1n) is 8.56. The van der Waals surface area contributed by atoms with Crippen molar-refractivity contribution in [2.24, 2.45) is 10.5 Å². The van der Waals surface area contributed by atoms with Crippen LogP contribution in [0.2, 0.25) is 0 Å². The molecule has 0 radical (unpaired) electrons. The minimum Gasteiger partial charge on any atom is -0.549 e. The molecule has 0 spiro atoms. The minimum atomic E-state index is -4.49. The van der Waals surface area contributed by atoms with Gasteiger partial charge in [-0.05, 0) is 29.8 Å². The van der Waals surface area contributed by atoms with Gasteiger partial charge in [-0.3, -0.25) is 0 Å². The van der Waals surface area contributed by atoms with Gasteiger partial charge in [0.1, 0.15) is 0 Å². The Bertz CT molecular complexity index is 1060. The lowest BCUT2D eigenvalue weighted by molar-refractivity contribution is -0.312. The van der Waals surface area contributed by atoms with E-state index in [0.29, 0.717) is 5.56 Å². The highest BCUT2D eigenvalue weighted by molar-refractivity contribution is 6.21. The number of carbonyl (C=O) groups is 2. The van der Waals surface area contributed by atoms with Crippen molar-refractivity contribution in [3.8, 4) is 0 Å². The Labute approximate surface area is 162 Å². The average molecular weight is 400 g/mol. The van der Waals surface area contributed by atoms with E-state index < -0.39 is 29.2 Å². The zero-order valence-electron chi connectivity index (χ0n) is 14.7. The van der Waals surface area contributed by atoms with E-state index in [0.717, 1.165) is 34.8 Å². The summed E-state index contributed by atoms with van der Waals surface area (Å²) in [6, 6.07) is 10.1. The van der Waals surface area contributed by atoms with Gasteiger partial charge in [0.15, 0.2) is 0 Å². The molecule has 2 amide bonds. The number of carboxylic acids is 1. The number of nitrogens with zero attached hydrogens (tertiary/aromatic N) is 2. The maximum absolute atomic E-state index is 12.7. The number of carbonyl (C=O) groups excluding carboxylic acids is 2. The van der Waals surface area contributed by atoms with Gasteiger partial charge in [0.05, 0.1) is 29.2 Å². The molecule has 2 aromatic rings. The number of urea groups is 1. The lowest BCUT2D eigenvalue weighted by Crippen LogP contribution is -2.50. The SMILES string of the molecule is O=C(Nc1ccc(C(F)(F)F)cc1)N1CC2(C(=O)[O-])C=Cc3ccccc3C2=N1. The number of rotatable bonds is 2. The van der Waals surface area contributed by atoms with Crippen LogP contribution in [0.4, 0.5) is 23.7 Å². The lowest BCUT2D eigenvalue weighted by Gasteiger charge is -2.31. The number of hydrogen-bond donors (Lipinski definition) is 1. The van der Waals surface area contributed by atoms with Crippen LogP contribution >= 0.6 is 0 Å². The smallest absolute Gasteiger partial charge is 0.416 e. The van der Waals surface area contributed by atoms with Crippen LogP contribution in [0.5, 0.6) is 0 Å². The molecule has 1 atom stereocenters. The molecule has 1 aliphatic heterocycles. The summed E-state index contributed by atoms with van der Waals surface area (Å²) in [5.41, 5.74) is -0.807. The van der Waals surface area contributed by atoms with Crippen LogP contribution in [-0.4, -0.2) is 29.3 Å². The van der Waals surface area contributed by atoms with Crippen LogP contribution in [0.25, 0.3) is 6.08 Å². The fraction of sp³-hybridized carbons (Fsp3) is 0.150. The van der Waals surface area contributed by atoms with E-state index >= 15 is 0 Å². The molecule has 148 valence electrons. The van der Waals surface area contributed by atoms with E-state index in [1.54, 1.807) is 30.3 Å². The lowest BCUT2D eigenvalue weighted by atomic mass is 9.75. The third-order valence-corrected chi connectivity index (χ3v) is 4.87. The first kappa shape index (κ1) is 18.7. The standard InChI is InChI=1S/C20H14F3N3O3/c21-20(22,23)13-5-7-14(8-6-13)24-18(29)26-11-19(17(27)28)10-9-12-3-1-2-4-15(12)16(19)25-26/h1-10H,11H2,(H,24,29)(H,27,28)/p-1. The van der Waals surface area contributed by atoms with Gasteiger partial charge in [0, 0.05) is 11.3 Å². The first-order valence-corrected chi connectivity index (χ1v) is 8.56. The molecular formula is C20H13F3N3O3-. The van der Waals surface area contributed by atoms with Gasteiger partial charge in [0.25, 0.3) is 0 Å². The predicted octanol–water partition coefficient (Wildman–Crippen LogP) is 2.72. The molecule has 6 nitrogen and oxygen atoms in total. The van der Waals surface area contributed by atoms with Gasteiger partial charge >= 0.3 is 12.2 Å². The van der Waals surface area contributed by atoms with E-state index in [9.17, 15) is 27.9 Å². The second-order valence-electron chi connectivity index (χ2n) is 6.69. The number of aliphatic carboxylic acids is 1. The van der Waals surface area contributed by atoms with Gasteiger partial charge < -0.3 is 15.2 Å². The highest BCUT2D eigenvalue weighted by Gasteiger charge is 2.46. The predicted molar refractivity (Wildman–Crippen MR) is 96.6 cm³/mol.